The number of carbonyl (C=O) groups excluding carboxylic acids is 1. The summed E-state index contributed by atoms with van der Waals surface area (Å²) in [6, 6.07) is 5.21. The first kappa shape index (κ1) is 12.7. The summed E-state index contributed by atoms with van der Waals surface area (Å²) in [5.74, 6) is 0.413. The summed E-state index contributed by atoms with van der Waals surface area (Å²) >= 11 is 11.9. The van der Waals surface area contributed by atoms with Crippen LogP contribution in [0.5, 0.6) is 0 Å². The predicted molar refractivity (Wildman–Crippen MR) is 70.7 cm³/mol. The molecule has 1 fully saturated rings. The smallest absolute Gasteiger partial charge is 0.224 e. The van der Waals surface area contributed by atoms with Crippen LogP contribution in [0.1, 0.15) is 12.8 Å². The van der Waals surface area contributed by atoms with Crippen LogP contribution in [0, 0.1) is 5.92 Å². The summed E-state index contributed by atoms with van der Waals surface area (Å²) < 4.78 is 0. The van der Waals surface area contributed by atoms with Crippen molar-refractivity contribution >= 4 is 34.8 Å². The molecule has 0 aromatic heterocycles. The lowest BCUT2D eigenvalue weighted by atomic mass is 10.0. The number of hydrogen-bond acceptors (Lipinski definition) is 2. The van der Waals surface area contributed by atoms with E-state index in [2.05, 4.69) is 10.6 Å². The highest BCUT2D eigenvalue weighted by molar-refractivity contribution is 6.43. The zero-order valence-corrected chi connectivity index (χ0v) is 10.8. The summed E-state index contributed by atoms with van der Waals surface area (Å²) in [6.07, 6.45) is 1.58. The van der Waals surface area contributed by atoms with Gasteiger partial charge in [0.1, 0.15) is 0 Å². The van der Waals surface area contributed by atoms with E-state index in [1.165, 1.54) is 0 Å². The fourth-order valence-corrected chi connectivity index (χ4v) is 2.30. The molecule has 0 aliphatic carbocycles. The third-order valence-corrected chi connectivity index (χ3v) is 3.68. The van der Waals surface area contributed by atoms with Crippen LogP contribution in [-0.2, 0) is 4.79 Å². The molecule has 1 aliphatic heterocycles. The molecule has 3 nitrogen and oxygen atoms in total. The van der Waals surface area contributed by atoms with Gasteiger partial charge in [-0.05, 0) is 37.6 Å². The van der Waals surface area contributed by atoms with E-state index >= 15 is 0 Å². The lowest BCUT2D eigenvalue weighted by Crippen LogP contribution is -2.18. The molecule has 0 spiro atoms. The van der Waals surface area contributed by atoms with E-state index in [1.54, 1.807) is 18.2 Å². The number of rotatable bonds is 3. The van der Waals surface area contributed by atoms with Gasteiger partial charge in [-0.25, -0.2) is 0 Å². The van der Waals surface area contributed by atoms with Crippen molar-refractivity contribution < 1.29 is 4.79 Å². The standard InChI is InChI=1S/C12H14Cl2N2O/c13-9-2-1-3-10(12(9)14)16-11(17)6-8-4-5-15-7-8/h1-3,8,15H,4-7H2,(H,16,17). The first-order chi connectivity index (χ1) is 8.16. The Bertz CT molecular complexity index is 417. The van der Waals surface area contributed by atoms with Crippen LogP contribution < -0.4 is 10.6 Å². The lowest BCUT2D eigenvalue weighted by Gasteiger charge is -2.10. The molecule has 1 amide bonds. The lowest BCUT2D eigenvalue weighted by molar-refractivity contribution is -0.116. The minimum atomic E-state index is -0.0112. The Balaban J connectivity index is 1.95. The van der Waals surface area contributed by atoms with Gasteiger partial charge in [0.2, 0.25) is 5.91 Å². The van der Waals surface area contributed by atoms with Crippen molar-refractivity contribution in [3.05, 3.63) is 28.2 Å². The van der Waals surface area contributed by atoms with Crippen LogP contribution in [0.2, 0.25) is 10.0 Å². The zero-order valence-electron chi connectivity index (χ0n) is 9.30. The summed E-state index contributed by atoms with van der Waals surface area (Å²) in [5, 5.41) is 6.88. The Morgan fingerprint density at radius 1 is 1.47 bits per heavy atom. The van der Waals surface area contributed by atoms with E-state index in [9.17, 15) is 4.79 Å². The number of nitrogens with one attached hydrogen (secondary N) is 2. The van der Waals surface area contributed by atoms with Crippen molar-refractivity contribution in [3.63, 3.8) is 0 Å². The Morgan fingerprint density at radius 2 is 2.29 bits per heavy atom. The average molecular weight is 273 g/mol. The fourth-order valence-electron chi connectivity index (χ4n) is 1.95. The van der Waals surface area contributed by atoms with E-state index in [0.717, 1.165) is 19.5 Å². The van der Waals surface area contributed by atoms with Crippen molar-refractivity contribution in [2.24, 2.45) is 5.92 Å². The molecule has 0 saturated carbocycles. The predicted octanol–water partition coefficient (Wildman–Crippen LogP) is 2.93. The molecular formula is C12H14Cl2N2O. The van der Waals surface area contributed by atoms with Gasteiger partial charge in [-0.3, -0.25) is 4.79 Å². The van der Waals surface area contributed by atoms with Gasteiger partial charge in [0.25, 0.3) is 0 Å². The number of hydrogen-bond donors (Lipinski definition) is 2. The second-order valence-corrected chi connectivity index (χ2v) is 5.00. The molecule has 2 rings (SSSR count). The molecule has 0 radical (unpaired) electrons. The molecule has 1 aliphatic rings. The first-order valence-corrected chi connectivity index (χ1v) is 6.37. The largest absolute Gasteiger partial charge is 0.325 e. The number of carbonyl (C=O) groups is 1. The van der Waals surface area contributed by atoms with E-state index in [4.69, 9.17) is 23.2 Å². The van der Waals surface area contributed by atoms with E-state index < -0.39 is 0 Å². The minimum absolute atomic E-state index is 0.0112. The van der Waals surface area contributed by atoms with Crippen molar-refractivity contribution in [2.75, 3.05) is 18.4 Å². The van der Waals surface area contributed by atoms with Crippen LogP contribution in [0.4, 0.5) is 5.69 Å². The summed E-state index contributed by atoms with van der Waals surface area (Å²) in [6.45, 7) is 1.91. The Hall–Kier alpha value is -0.770. The number of benzene rings is 1. The van der Waals surface area contributed by atoms with Crippen LogP contribution in [0.3, 0.4) is 0 Å². The van der Waals surface area contributed by atoms with E-state index in [-0.39, 0.29) is 5.91 Å². The van der Waals surface area contributed by atoms with Gasteiger partial charge in [0.05, 0.1) is 15.7 Å². The number of amides is 1. The quantitative estimate of drug-likeness (QED) is 0.889. The Kier molecular flexibility index (Phi) is 4.26. The maximum Gasteiger partial charge on any atom is 0.224 e. The second-order valence-electron chi connectivity index (χ2n) is 4.21. The Morgan fingerprint density at radius 3 is 3.00 bits per heavy atom. The highest BCUT2D eigenvalue weighted by Crippen LogP contribution is 2.29. The van der Waals surface area contributed by atoms with Gasteiger partial charge in [0.15, 0.2) is 0 Å². The summed E-state index contributed by atoms with van der Waals surface area (Å²) in [7, 11) is 0. The topological polar surface area (TPSA) is 41.1 Å². The fraction of sp³-hybridized carbons (Fsp3) is 0.417. The number of halogens is 2. The first-order valence-electron chi connectivity index (χ1n) is 5.61. The monoisotopic (exact) mass is 272 g/mol. The van der Waals surface area contributed by atoms with Crippen molar-refractivity contribution in [1.82, 2.24) is 5.32 Å². The second kappa shape index (κ2) is 5.71. The van der Waals surface area contributed by atoms with Gasteiger partial charge in [-0.2, -0.15) is 0 Å². The van der Waals surface area contributed by atoms with E-state index in [0.29, 0.717) is 28.1 Å². The zero-order chi connectivity index (χ0) is 12.3. The molecule has 1 aromatic carbocycles. The van der Waals surface area contributed by atoms with E-state index in [1.807, 2.05) is 0 Å². The normalized spacial score (nSPS) is 19.3. The maximum atomic E-state index is 11.8. The molecule has 5 heteroatoms. The number of anilines is 1. The highest BCUT2D eigenvalue weighted by atomic mass is 35.5. The third kappa shape index (κ3) is 3.35. The summed E-state index contributed by atoms with van der Waals surface area (Å²) in [4.78, 5) is 11.8. The SMILES string of the molecule is O=C(CC1CCNC1)Nc1cccc(Cl)c1Cl. The average Bonchev–Trinajstić information content (AvgIpc) is 2.77. The molecule has 17 heavy (non-hydrogen) atoms. The minimum Gasteiger partial charge on any atom is -0.325 e. The van der Waals surface area contributed by atoms with Gasteiger partial charge in [0, 0.05) is 6.42 Å². The molecule has 92 valence electrons. The Labute approximate surface area is 110 Å². The molecule has 1 aromatic rings. The highest BCUT2D eigenvalue weighted by Gasteiger charge is 2.18. The van der Waals surface area contributed by atoms with Gasteiger partial charge >= 0.3 is 0 Å². The van der Waals surface area contributed by atoms with Gasteiger partial charge in [-0.15, -0.1) is 0 Å². The van der Waals surface area contributed by atoms with Gasteiger partial charge in [-0.1, -0.05) is 29.3 Å². The van der Waals surface area contributed by atoms with Crippen LogP contribution >= 0.6 is 23.2 Å². The molecule has 1 unspecified atom stereocenters. The summed E-state index contributed by atoms with van der Waals surface area (Å²) in [5.41, 5.74) is 0.579. The maximum absolute atomic E-state index is 11.8. The van der Waals surface area contributed by atoms with Crippen LogP contribution in [-0.4, -0.2) is 19.0 Å². The molecular weight excluding hydrogens is 259 g/mol. The third-order valence-electron chi connectivity index (χ3n) is 2.86. The van der Waals surface area contributed by atoms with Crippen molar-refractivity contribution in [1.29, 1.82) is 0 Å². The molecule has 1 saturated heterocycles. The van der Waals surface area contributed by atoms with Gasteiger partial charge < -0.3 is 10.6 Å². The molecule has 2 N–H and O–H groups in total. The molecule has 1 atom stereocenters. The molecule has 1 heterocycles. The van der Waals surface area contributed by atoms with Crippen LogP contribution in [0.25, 0.3) is 0 Å². The van der Waals surface area contributed by atoms with Crippen LogP contribution in [0.15, 0.2) is 18.2 Å². The van der Waals surface area contributed by atoms with Crippen molar-refractivity contribution in [2.45, 2.75) is 12.8 Å². The molecule has 0 bridgehead atoms. The van der Waals surface area contributed by atoms with Crippen molar-refractivity contribution in [3.8, 4) is 0 Å².